The van der Waals surface area contributed by atoms with Crippen LogP contribution in [0, 0.1) is 0 Å². The molecule has 0 atom stereocenters. The minimum Gasteiger partial charge on any atom is -0.465 e. The van der Waals surface area contributed by atoms with Gasteiger partial charge in [0.1, 0.15) is 0 Å². The van der Waals surface area contributed by atoms with Crippen LogP contribution in [-0.4, -0.2) is 26.2 Å². The molecule has 0 fully saturated rings. The summed E-state index contributed by atoms with van der Waals surface area (Å²) in [6.07, 6.45) is 0. The third-order valence-electron chi connectivity index (χ3n) is 5.12. The largest absolute Gasteiger partial charge is 0.465 e. The summed E-state index contributed by atoms with van der Waals surface area (Å²) in [5.74, 6) is -0.919. The number of benzene rings is 4. The number of carbonyl (C=O) groups is 2. The molecule has 4 heteroatoms. The summed E-state index contributed by atoms with van der Waals surface area (Å²) in [6.45, 7) is 0. The Balaban J connectivity index is 2.30. The average molecular weight is 396 g/mol. The fraction of sp³-hybridized carbons (Fsp3) is 0.0769. The molecule has 0 amide bonds. The summed E-state index contributed by atoms with van der Waals surface area (Å²) in [6, 6.07) is 26.4. The van der Waals surface area contributed by atoms with Crippen molar-refractivity contribution in [1.82, 2.24) is 0 Å². The smallest absolute Gasteiger partial charge is 0.339 e. The van der Waals surface area contributed by atoms with Gasteiger partial charge in [-0.25, -0.2) is 9.59 Å². The fourth-order valence-electron chi connectivity index (χ4n) is 3.85. The molecular weight excluding hydrogens is 376 g/mol. The Kier molecular flexibility index (Phi) is 5.31. The Morgan fingerprint density at radius 2 is 0.867 bits per heavy atom. The van der Waals surface area contributed by atoms with Gasteiger partial charge in [0.25, 0.3) is 0 Å². The van der Waals surface area contributed by atoms with E-state index < -0.39 is 11.9 Å². The molecule has 0 aliphatic heterocycles. The van der Waals surface area contributed by atoms with E-state index in [4.69, 9.17) is 9.47 Å². The number of ether oxygens (including phenoxy) is 2. The van der Waals surface area contributed by atoms with Crippen LogP contribution in [0.5, 0.6) is 0 Å². The zero-order chi connectivity index (χ0) is 21.1. The van der Waals surface area contributed by atoms with Crippen LogP contribution in [0.4, 0.5) is 0 Å². The predicted octanol–water partition coefficient (Wildman–Crippen LogP) is 5.75. The molecule has 0 radical (unpaired) electrons. The van der Waals surface area contributed by atoms with Gasteiger partial charge in [0.05, 0.1) is 25.3 Å². The third-order valence-corrected chi connectivity index (χ3v) is 5.12. The number of esters is 2. The van der Waals surface area contributed by atoms with E-state index in [9.17, 15) is 9.59 Å². The minimum absolute atomic E-state index is 0.422. The number of rotatable bonds is 4. The second-order valence-corrected chi connectivity index (χ2v) is 6.76. The van der Waals surface area contributed by atoms with Crippen molar-refractivity contribution in [3.63, 3.8) is 0 Å². The van der Waals surface area contributed by atoms with Crippen molar-refractivity contribution in [2.75, 3.05) is 14.2 Å². The Hall–Kier alpha value is -3.92. The number of carbonyl (C=O) groups excluding carboxylic acids is 2. The monoisotopic (exact) mass is 396 g/mol. The quantitative estimate of drug-likeness (QED) is 0.412. The summed E-state index contributed by atoms with van der Waals surface area (Å²) < 4.78 is 10.3. The van der Waals surface area contributed by atoms with E-state index in [0.29, 0.717) is 33.0 Å². The molecule has 0 bridgehead atoms. The first-order valence-electron chi connectivity index (χ1n) is 9.53. The fourth-order valence-corrected chi connectivity index (χ4v) is 3.85. The molecule has 0 aliphatic carbocycles. The number of hydrogen-bond donors (Lipinski definition) is 0. The lowest BCUT2D eigenvalue weighted by Crippen LogP contribution is -2.12. The summed E-state index contributed by atoms with van der Waals surface area (Å²) >= 11 is 0. The van der Waals surface area contributed by atoms with Crippen molar-refractivity contribution in [2.24, 2.45) is 0 Å². The van der Waals surface area contributed by atoms with E-state index in [1.807, 2.05) is 84.9 Å². The first-order chi connectivity index (χ1) is 14.7. The lowest BCUT2D eigenvalue weighted by Gasteiger charge is -2.21. The van der Waals surface area contributed by atoms with Crippen LogP contribution in [0.25, 0.3) is 33.0 Å². The zero-order valence-electron chi connectivity index (χ0n) is 16.7. The normalized spacial score (nSPS) is 10.6. The highest BCUT2D eigenvalue weighted by Gasteiger charge is 2.28. The van der Waals surface area contributed by atoms with Crippen molar-refractivity contribution in [3.05, 3.63) is 96.1 Å². The maximum absolute atomic E-state index is 13.0. The molecular formula is C26H20O4. The van der Waals surface area contributed by atoms with Gasteiger partial charge in [0.15, 0.2) is 0 Å². The average Bonchev–Trinajstić information content (AvgIpc) is 2.82. The van der Waals surface area contributed by atoms with Crippen molar-refractivity contribution in [2.45, 2.75) is 0 Å². The number of methoxy groups -OCH3 is 2. The van der Waals surface area contributed by atoms with Crippen LogP contribution in [-0.2, 0) is 9.47 Å². The van der Waals surface area contributed by atoms with Crippen molar-refractivity contribution in [3.8, 4) is 22.3 Å². The van der Waals surface area contributed by atoms with Crippen LogP contribution < -0.4 is 0 Å². The predicted molar refractivity (Wildman–Crippen MR) is 117 cm³/mol. The third kappa shape index (κ3) is 3.22. The molecule has 0 saturated heterocycles. The van der Waals surface area contributed by atoms with Gasteiger partial charge < -0.3 is 9.47 Å². The van der Waals surface area contributed by atoms with Crippen LogP contribution in [0.1, 0.15) is 20.7 Å². The van der Waals surface area contributed by atoms with Gasteiger partial charge in [-0.15, -0.1) is 0 Å². The van der Waals surface area contributed by atoms with E-state index in [1.54, 1.807) is 0 Å². The summed E-state index contributed by atoms with van der Waals surface area (Å²) in [7, 11) is 2.73. The van der Waals surface area contributed by atoms with Crippen molar-refractivity contribution in [1.29, 1.82) is 0 Å². The van der Waals surface area contributed by atoms with Crippen LogP contribution in [0.3, 0.4) is 0 Å². The molecule has 30 heavy (non-hydrogen) atoms. The Bertz CT molecular complexity index is 1130. The minimum atomic E-state index is -0.460. The van der Waals surface area contributed by atoms with Crippen LogP contribution in [0.15, 0.2) is 84.9 Å². The summed E-state index contributed by atoms with van der Waals surface area (Å²) in [4.78, 5) is 26.0. The summed E-state index contributed by atoms with van der Waals surface area (Å²) in [5, 5.41) is 1.28. The second kappa shape index (κ2) is 8.21. The highest BCUT2D eigenvalue weighted by Crippen LogP contribution is 2.43. The van der Waals surface area contributed by atoms with Gasteiger partial charge in [0.2, 0.25) is 0 Å². The molecule has 0 saturated carbocycles. The lowest BCUT2D eigenvalue weighted by molar-refractivity contribution is 0.0591. The Labute approximate surface area is 174 Å². The zero-order valence-corrected chi connectivity index (χ0v) is 16.7. The lowest BCUT2D eigenvalue weighted by atomic mass is 9.82. The summed E-state index contributed by atoms with van der Waals surface area (Å²) in [5.41, 5.74) is 3.76. The van der Waals surface area contributed by atoms with Gasteiger partial charge >= 0.3 is 11.9 Å². The standard InChI is InChI=1S/C26H20O4/c1-29-25(27)23-19-15-9-10-16-20(19)24(26(28)30-2)22(18-13-7-4-8-14-18)21(23)17-11-5-3-6-12-17/h3-16H,1-2H3. The molecule has 0 spiro atoms. The van der Waals surface area contributed by atoms with Gasteiger partial charge in [-0.1, -0.05) is 84.9 Å². The molecule has 4 aromatic carbocycles. The Morgan fingerprint density at radius 1 is 0.533 bits per heavy atom. The van der Waals surface area contributed by atoms with E-state index in [1.165, 1.54) is 14.2 Å². The van der Waals surface area contributed by atoms with Crippen LogP contribution in [0.2, 0.25) is 0 Å². The molecule has 0 heterocycles. The maximum Gasteiger partial charge on any atom is 0.339 e. The Morgan fingerprint density at radius 3 is 1.20 bits per heavy atom. The van der Waals surface area contributed by atoms with Crippen molar-refractivity contribution < 1.29 is 19.1 Å². The number of fused-ring (bicyclic) bond motifs is 1. The molecule has 4 aromatic rings. The molecule has 0 aliphatic rings. The van der Waals surface area contributed by atoms with E-state index in [0.717, 1.165) is 11.1 Å². The van der Waals surface area contributed by atoms with E-state index in [-0.39, 0.29) is 0 Å². The van der Waals surface area contributed by atoms with Gasteiger partial charge in [0, 0.05) is 11.1 Å². The SMILES string of the molecule is COC(=O)c1c(-c2ccccc2)c(-c2ccccc2)c(C(=O)OC)c2ccccc12. The van der Waals surface area contributed by atoms with E-state index >= 15 is 0 Å². The second-order valence-electron chi connectivity index (χ2n) is 6.76. The topological polar surface area (TPSA) is 52.6 Å². The first kappa shape index (κ1) is 19.4. The highest BCUT2D eigenvalue weighted by atomic mass is 16.5. The van der Waals surface area contributed by atoms with Gasteiger partial charge in [-0.2, -0.15) is 0 Å². The highest BCUT2D eigenvalue weighted by molar-refractivity contribution is 6.21. The number of hydrogen-bond acceptors (Lipinski definition) is 4. The van der Waals surface area contributed by atoms with Gasteiger partial charge in [-0.3, -0.25) is 0 Å². The van der Waals surface area contributed by atoms with Gasteiger partial charge in [-0.05, 0) is 21.9 Å². The molecule has 0 unspecified atom stereocenters. The van der Waals surface area contributed by atoms with Crippen molar-refractivity contribution >= 4 is 22.7 Å². The van der Waals surface area contributed by atoms with Crippen LogP contribution >= 0.6 is 0 Å². The first-order valence-corrected chi connectivity index (χ1v) is 9.53. The molecule has 148 valence electrons. The molecule has 0 N–H and O–H groups in total. The molecule has 4 nitrogen and oxygen atoms in total. The van der Waals surface area contributed by atoms with E-state index in [2.05, 4.69) is 0 Å². The molecule has 0 aromatic heterocycles. The molecule has 4 rings (SSSR count). The maximum atomic E-state index is 13.0.